The van der Waals surface area contributed by atoms with E-state index in [0.29, 0.717) is 0 Å². The monoisotopic (exact) mass is 315 g/mol. The lowest BCUT2D eigenvalue weighted by molar-refractivity contribution is -0.0498. The predicted molar refractivity (Wildman–Crippen MR) is 65.0 cm³/mol. The molecule has 0 aromatic heterocycles. The van der Waals surface area contributed by atoms with Crippen molar-refractivity contribution in [1.29, 1.82) is 0 Å². The van der Waals surface area contributed by atoms with E-state index in [4.69, 9.17) is 16.7 Å². The molecule has 0 saturated carbocycles. The molecule has 0 spiro atoms. The average molecular weight is 316 g/mol. The zero-order valence-electron chi connectivity index (χ0n) is 9.81. The Bertz CT molecular complexity index is 536. The van der Waals surface area contributed by atoms with E-state index in [2.05, 4.69) is 9.46 Å². The Morgan fingerprint density at radius 3 is 2.58 bits per heavy atom. The van der Waals surface area contributed by atoms with Crippen LogP contribution in [0.5, 0.6) is 5.75 Å². The van der Waals surface area contributed by atoms with Gasteiger partial charge in [-0.2, -0.15) is 8.78 Å². The third kappa shape index (κ3) is 4.90. The summed E-state index contributed by atoms with van der Waals surface area (Å²) in [4.78, 5) is -0.209. The molecule has 5 nitrogen and oxygen atoms in total. The molecule has 0 aliphatic rings. The number of nitrogens with one attached hydrogen (secondary N) is 1. The van der Waals surface area contributed by atoms with E-state index in [1.54, 1.807) is 0 Å². The number of aliphatic hydroxyl groups is 1. The van der Waals surface area contributed by atoms with Crippen LogP contribution in [-0.2, 0) is 10.0 Å². The summed E-state index contributed by atoms with van der Waals surface area (Å²) in [5.41, 5.74) is 0. The summed E-state index contributed by atoms with van der Waals surface area (Å²) in [6.07, 6.45) is -0.855. The molecule has 0 radical (unpaired) electrons. The van der Waals surface area contributed by atoms with Crippen LogP contribution in [0.25, 0.3) is 0 Å². The molecular weight excluding hydrogens is 304 g/mol. The summed E-state index contributed by atoms with van der Waals surface area (Å²) < 4.78 is 53.7. The van der Waals surface area contributed by atoms with Crippen molar-refractivity contribution in [3.8, 4) is 5.75 Å². The molecule has 1 rings (SSSR count). The van der Waals surface area contributed by atoms with Crippen molar-refractivity contribution >= 4 is 21.6 Å². The molecule has 1 atom stereocenters. The molecule has 0 heterocycles. The van der Waals surface area contributed by atoms with Gasteiger partial charge >= 0.3 is 6.61 Å². The molecule has 1 unspecified atom stereocenters. The summed E-state index contributed by atoms with van der Waals surface area (Å²) in [5.74, 6) is -0.314. The minimum absolute atomic E-state index is 0.171. The number of sulfonamides is 1. The second-order valence-electron chi connectivity index (χ2n) is 3.67. The van der Waals surface area contributed by atoms with Crippen LogP contribution in [0.3, 0.4) is 0 Å². The molecule has 2 N–H and O–H groups in total. The standard InChI is InChI=1S/C10H12ClF2NO4S/c1-6(15)5-14-19(16,17)7-2-3-9(8(11)4-7)18-10(12)13/h2-4,6,10,14-15H,5H2,1H3. The van der Waals surface area contributed by atoms with Crippen molar-refractivity contribution in [1.82, 2.24) is 4.72 Å². The van der Waals surface area contributed by atoms with Gasteiger partial charge in [-0.3, -0.25) is 0 Å². The quantitative estimate of drug-likeness (QED) is 0.836. The number of aliphatic hydroxyl groups excluding tert-OH is 1. The molecule has 0 bridgehead atoms. The second kappa shape index (κ2) is 6.47. The van der Waals surface area contributed by atoms with Crippen molar-refractivity contribution in [2.24, 2.45) is 0 Å². The van der Waals surface area contributed by atoms with E-state index in [1.165, 1.54) is 6.92 Å². The molecule has 0 aliphatic heterocycles. The highest BCUT2D eigenvalue weighted by molar-refractivity contribution is 7.89. The Hall–Kier alpha value is -0.960. The highest BCUT2D eigenvalue weighted by Crippen LogP contribution is 2.28. The van der Waals surface area contributed by atoms with Crippen molar-refractivity contribution in [2.45, 2.75) is 24.5 Å². The van der Waals surface area contributed by atoms with E-state index in [9.17, 15) is 17.2 Å². The summed E-state index contributed by atoms with van der Waals surface area (Å²) in [6, 6.07) is 3.10. The molecule has 0 amide bonds. The van der Waals surface area contributed by atoms with Gasteiger partial charge in [-0.05, 0) is 25.1 Å². The number of halogens is 3. The third-order valence-electron chi connectivity index (χ3n) is 2.00. The first kappa shape index (κ1) is 16.1. The SMILES string of the molecule is CC(O)CNS(=O)(=O)c1ccc(OC(F)F)c(Cl)c1. The van der Waals surface area contributed by atoms with Crippen molar-refractivity contribution in [3.05, 3.63) is 23.2 Å². The van der Waals surface area contributed by atoms with Crippen LogP contribution in [0.15, 0.2) is 23.1 Å². The number of ether oxygens (including phenoxy) is 1. The maximum atomic E-state index is 12.0. The Kier molecular flexibility index (Phi) is 5.48. The maximum absolute atomic E-state index is 12.0. The molecule has 0 fully saturated rings. The minimum Gasteiger partial charge on any atom is -0.433 e. The lowest BCUT2D eigenvalue weighted by Gasteiger charge is -2.10. The van der Waals surface area contributed by atoms with E-state index in [-0.39, 0.29) is 22.2 Å². The summed E-state index contributed by atoms with van der Waals surface area (Å²) in [6.45, 7) is -1.81. The second-order valence-corrected chi connectivity index (χ2v) is 5.85. The van der Waals surface area contributed by atoms with Gasteiger partial charge in [-0.15, -0.1) is 0 Å². The van der Waals surface area contributed by atoms with E-state index in [0.717, 1.165) is 18.2 Å². The zero-order chi connectivity index (χ0) is 14.6. The Labute approximate surface area is 114 Å². The van der Waals surface area contributed by atoms with Gasteiger partial charge in [0, 0.05) is 6.54 Å². The largest absolute Gasteiger partial charge is 0.433 e. The van der Waals surface area contributed by atoms with Gasteiger partial charge in [0.1, 0.15) is 5.75 Å². The predicted octanol–water partition coefficient (Wildman–Crippen LogP) is 1.60. The minimum atomic E-state index is -3.86. The number of rotatable bonds is 6. The molecule has 108 valence electrons. The topological polar surface area (TPSA) is 75.6 Å². The van der Waals surface area contributed by atoms with E-state index >= 15 is 0 Å². The maximum Gasteiger partial charge on any atom is 0.387 e. The van der Waals surface area contributed by atoms with Crippen LogP contribution in [0.2, 0.25) is 5.02 Å². The first-order valence-electron chi connectivity index (χ1n) is 5.14. The molecule has 1 aromatic carbocycles. The summed E-state index contributed by atoms with van der Waals surface area (Å²) >= 11 is 5.64. The van der Waals surface area contributed by atoms with Crippen molar-refractivity contribution in [2.75, 3.05) is 6.54 Å². The number of alkyl halides is 2. The molecule has 9 heteroatoms. The Balaban J connectivity index is 2.94. The van der Waals surface area contributed by atoms with Crippen LogP contribution >= 0.6 is 11.6 Å². The van der Waals surface area contributed by atoms with Gasteiger partial charge in [0.05, 0.1) is 16.0 Å². The summed E-state index contributed by atoms with van der Waals surface area (Å²) in [5, 5.41) is 8.75. The fourth-order valence-corrected chi connectivity index (χ4v) is 2.59. The molecule has 1 aromatic rings. The van der Waals surface area contributed by atoms with Gasteiger partial charge in [0.25, 0.3) is 0 Å². The molecule has 19 heavy (non-hydrogen) atoms. The van der Waals surface area contributed by atoms with Crippen LogP contribution in [0.1, 0.15) is 6.92 Å². The smallest absolute Gasteiger partial charge is 0.387 e. The Morgan fingerprint density at radius 2 is 2.11 bits per heavy atom. The van der Waals surface area contributed by atoms with Crippen LogP contribution < -0.4 is 9.46 Å². The molecule has 0 aliphatic carbocycles. The lowest BCUT2D eigenvalue weighted by Crippen LogP contribution is -2.30. The number of hydrogen-bond acceptors (Lipinski definition) is 4. The number of hydrogen-bond donors (Lipinski definition) is 2. The third-order valence-corrected chi connectivity index (χ3v) is 3.72. The normalized spacial score (nSPS) is 13.6. The highest BCUT2D eigenvalue weighted by Gasteiger charge is 2.17. The summed E-state index contributed by atoms with van der Waals surface area (Å²) in [7, 11) is -3.86. The van der Waals surface area contributed by atoms with Gasteiger partial charge in [-0.1, -0.05) is 11.6 Å². The Morgan fingerprint density at radius 1 is 1.47 bits per heavy atom. The van der Waals surface area contributed by atoms with Crippen LogP contribution in [0, 0.1) is 0 Å². The highest BCUT2D eigenvalue weighted by atomic mass is 35.5. The fraction of sp³-hybridized carbons (Fsp3) is 0.400. The fourth-order valence-electron chi connectivity index (χ4n) is 1.15. The van der Waals surface area contributed by atoms with Gasteiger partial charge in [0.15, 0.2) is 0 Å². The van der Waals surface area contributed by atoms with Crippen molar-refractivity contribution < 1.29 is 27.0 Å². The van der Waals surface area contributed by atoms with Crippen molar-refractivity contribution in [3.63, 3.8) is 0 Å². The number of benzene rings is 1. The van der Waals surface area contributed by atoms with Crippen LogP contribution in [0.4, 0.5) is 8.78 Å². The zero-order valence-corrected chi connectivity index (χ0v) is 11.4. The molecular formula is C10H12ClF2NO4S. The van der Waals surface area contributed by atoms with Crippen LogP contribution in [-0.4, -0.2) is 32.8 Å². The lowest BCUT2D eigenvalue weighted by atomic mass is 10.3. The van der Waals surface area contributed by atoms with E-state index < -0.39 is 22.7 Å². The van der Waals surface area contributed by atoms with Gasteiger partial charge in [-0.25, -0.2) is 13.1 Å². The molecule has 0 saturated heterocycles. The first-order chi connectivity index (χ1) is 8.72. The van der Waals surface area contributed by atoms with E-state index in [1.807, 2.05) is 0 Å². The van der Waals surface area contributed by atoms with Gasteiger partial charge in [0.2, 0.25) is 10.0 Å². The van der Waals surface area contributed by atoms with Gasteiger partial charge < -0.3 is 9.84 Å². The first-order valence-corrected chi connectivity index (χ1v) is 7.00. The average Bonchev–Trinajstić information content (AvgIpc) is 2.28.